The lowest BCUT2D eigenvalue weighted by molar-refractivity contribution is -0.120. The maximum atomic E-state index is 9.92. The second-order valence-corrected chi connectivity index (χ2v) is 1.56. The van der Waals surface area contributed by atoms with Crippen LogP contribution < -0.4 is 5.73 Å². The van der Waals surface area contributed by atoms with Gasteiger partial charge in [0.1, 0.15) is 0 Å². The number of amides is 1. The molecule has 1 amide bonds. The quantitative estimate of drug-likeness (QED) is 0.470. The molecule has 3 heteroatoms. The molecule has 0 heterocycles. The maximum absolute atomic E-state index is 9.92. The van der Waals surface area contributed by atoms with Crippen LogP contribution >= 0.6 is 0 Å². The van der Waals surface area contributed by atoms with Gasteiger partial charge >= 0.3 is 0 Å². The summed E-state index contributed by atoms with van der Waals surface area (Å²) in [7, 11) is 0. The number of carbonyl (C=O) groups excluding carboxylic acids is 1. The minimum Gasteiger partial charge on any atom is -0.412 e. The number of primary amides is 1. The van der Waals surface area contributed by atoms with Crippen LogP contribution in [-0.4, -0.2) is 11.4 Å². The summed E-state index contributed by atoms with van der Waals surface area (Å²) in [5, 5.41) is 0. The van der Waals surface area contributed by atoms with E-state index in [4.69, 9.17) is 5.73 Å². The number of rotatable bonds is 1. The molecule has 0 aliphatic heterocycles. The van der Waals surface area contributed by atoms with Gasteiger partial charge in [-0.15, -0.1) is 0 Å². The predicted octanol–water partition coefficient (Wildman–Crippen LogP) is -0.697. The molecule has 0 saturated heterocycles. The molecule has 0 aromatic heterocycles. The molecule has 3 nitrogen and oxygen atoms in total. The van der Waals surface area contributed by atoms with Gasteiger partial charge in [-0.1, -0.05) is 13.8 Å². The van der Waals surface area contributed by atoms with Gasteiger partial charge in [0, 0.05) is 5.92 Å². The van der Waals surface area contributed by atoms with E-state index in [1.807, 2.05) is 0 Å². The highest BCUT2D eigenvalue weighted by atomic mass is 16.1. The first-order chi connectivity index (χ1) is 2.64. The fourth-order valence-electron chi connectivity index (χ4n) is 0. The molecule has 0 bridgehead atoms. The highest BCUT2D eigenvalue weighted by Crippen LogP contribution is 1.84. The maximum Gasteiger partial charge on any atom is 0.219 e. The summed E-state index contributed by atoms with van der Waals surface area (Å²) in [6, 6.07) is 0. The molecule has 0 atom stereocenters. The van der Waals surface area contributed by atoms with Gasteiger partial charge in [-0.2, -0.15) is 0 Å². The van der Waals surface area contributed by atoms with Crippen LogP contribution in [0.5, 0.6) is 0 Å². The van der Waals surface area contributed by atoms with E-state index in [0.717, 1.165) is 0 Å². The van der Waals surface area contributed by atoms with Gasteiger partial charge in [-0.3, -0.25) is 4.79 Å². The first-order valence-electron chi connectivity index (χ1n) is 1.94. The molecular weight excluding hydrogens is 94.0 g/mol. The second-order valence-electron chi connectivity index (χ2n) is 1.56. The standard InChI is InChI=1S/C4H9NO.H2O/c1-3(2)4(5)6;/h3H,1-2H3,(H2,5,6);1H2. The van der Waals surface area contributed by atoms with E-state index < -0.39 is 0 Å². The summed E-state index contributed by atoms with van der Waals surface area (Å²) in [4.78, 5) is 9.92. The Morgan fingerprint density at radius 1 is 1.57 bits per heavy atom. The van der Waals surface area contributed by atoms with Crippen molar-refractivity contribution >= 4 is 5.91 Å². The molecular formula is C4H11NO2. The van der Waals surface area contributed by atoms with Crippen molar-refractivity contribution in [3.63, 3.8) is 0 Å². The number of nitrogens with two attached hydrogens (primary N) is 1. The van der Waals surface area contributed by atoms with Crippen LogP contribution in [0.25, 0.3) is 0 Å². The zero-order valence-corrected chi connectivity index (χ0v) is 4.56. The van der Waals surface area contributed by atoms with Crippen molar-refractivity contribution in [2.24, 2.45) is 11.7 Å². The van der Waals surface area contributed by atoms with Crippen LogP contribution in [0, 0.1) is 5.92 Å². The van der Waals surface area contributed by atoms with E-state index in [1.165, 1.54) is 0 Å². The smallest absolute Gasteiger partial charge is 0.219 e. The molecule has 0 radical (unpaired) electrons. The van der Waals surface area contributed by atoms with Crippen LogP contribution in [0.15, 0.2) is 0 Å². The third-order valence-electron chi connectivity index (χ3n) is 0.569. The SMILES string of the molecule is CC(C)C(N)=O.O. The van der Waals surface area contributed by atoms with E-state index in [-0.39, 0.29) is 17.3 Å². The average molecular weight is 105 g/mol. The zero-order valence-electron chi connectivity index (χ0n) is 4.56. The molecule has 4 N–H and O–H groups in total. The molecule has 0 aliphatic rings. The van der Waals surface area contributed by atoms with E-state index in [9.17, 15) is 4.79 Å². The van der Waals surface area contributed by atoms with Gasteiger partial charge in [-0.25, -0.2) is 0 Å². The first kappa shape index (κ1) is 9.66. The average Bonchev–Trinajstić information content (AvgIpc) is 1.36. The molecule has 0 spiro atoms. The molecule has 7 heavy (non-hydrogen) atoms. The van der Waals surface area contributed by atoms with Gasteiger partial charge in [-0.05, 0) is 0 Å². The normalized spacial score (nSPS) is 7.86. The Hall–Kier alpha value is -0.570. The van der Waals surface area contributed by atoms with Crippen LogP contribution in [0.4, 0.5) is 0 Å². The molecule has 0 aromatic carbocycles. The predicted molar refractivity (Wildman–Crippen MR) is 27.6 cm³/mol. The van der Waals surface area contributed by atoms with Crippen LogP contribution in [0.3, 0.4) is 0 Å². The van der Waals surface area contributed by atoms with Crippen molar-refractivity contribution in [1.82, 2.24) is 0 Å². The zero-order chi connectivity index (χ0) is 5.15. The Morgan fingerprint density at radius 3 is 1.71 bits per heavy atom. The molecule has 0 unspecified atom stereocenters. The van der Waals surface area contributed by atoms with Crippen LogP contribution in [0.1, 0.15) is 13.8 Å². The molecule has 0 rings (SSSR count). The lowest BCUT2D eigenvalue weighted by Gasteiger charge is -1.90. The molecule has 44 valence electrons. The first-order valence-corrected chi connectivity index (χ1v) is 1.94. The molecule has 0 aliphatic carbocycles. The van der Waals surface area contributed by atoms with Crippen molar-refractivity contribution < 1.29 is 10.3 Å². The summed E-state index contributed by atoms with van der Waals surface area (Å²) in [6.45, 7) is 3.53. The van der Waals surface area contributed by atoms with Gasteiger partial charge < -0.3 is 11.2 Å². The fraction of sp³-hybridized carbons (Fsp3) is 0.750. The number of hydrogen-bond donors (Lipinski definition) is 1. The molecule has 0 fully saturated rings. The lowest BCUT2D eigenvalue weighted by Crippen LogP contribution is -2.17. The van der Waals surface area contributed by atoms with Crippen molar-refractivity contribution in [1.29, 1.82) is 0 Å². The third-order valence-corrected chi connectivity index (χ3v) is 0.569. The van der Waals surface area contributed by atoms with Crippen molar-refractivity contribution in [3.05, 3.63) is 0 Å². The molecule has 0 saturated carbocycles. The number of carbonyl (C=O) groups is 1. The Morgan fingerprint density at radius 2 is 1.71 bits per heavy atom. The number of hydrogen-bond acceptors (Lipinski definition) is 1. The van der Waals surface area contributed by atoms with Crippen LogP contribution in [-0.2, 0) is 4.79 Å². The van der Waals surface area contributed by atoms with E-state index in [1.54, 1.807) is 13.8 Å². The Bertz CT molecular complexity index is 60.7. The van der Waals surface area contributed by atoms with E-state index >= 15 is 0 Å². The van der Waals surface area contributed by atoms with Gasteiger partial charge in [0.05, 0.1) is 0 Å². The Balaban J connectivity index is 0. The van der Waals surface area contributed by atoms with Crippen molar-refractivity contribution in [2.75, 3.05) is 0 Å². The van der Waals surface area contributed by atoms with Gasteiger partial charge in [0.25, 0.3) is 0 Å². The molecule has 0 aromatic rings. The Labute approximate surface area is 42.8 Å². The fourth-order valence-corrected chi connectivity index (χ4v) is 0. The highest BCUT2D eigenvalue weighted by molar-refractivity contribution is 5.75. The summed E-state index contributed by atoms with van der Waals surface area (Å²) in [6.07, 6.45) is 0. The summed E-state index contributed by atoms with van der Waals surface area (Å²) in [5.41, 5.74) is 4.80. The van der Waals surface area contributed by atoms with Crippen molar-refractivity contribution in [3.8, 4) is 0 Å². The minimum absolute atomic E-state index is 0. The van der Waals surface area contributed by atoms with Gasteiger partial charge in [0.15, 0.2) is 0 Å². The highest BCUT2D eigenvalue weighted by Gasteiger charge is 1.96. The Kier molecular flexibility index (Phi) is 4.99. The minimum atomic E-state index is -0.241. The van der Waals surface area contributed by atoms with Gasteiger partial charge in [0.2, 0.25) is 5.91 Å². The summed E-state index contributed by atoms with van der Waals surface area (Å²) >= 11 is 0. The largest absolute Gasteiger partial charge is 0.412 e. The van der Waals surface area contributed by atoms with E-state index in [0.29, 0.717) is 0 Å². The monoisotopic (exact) mass is 105 g/mol. The summed E-state index contributed by atoms with van der Waals surface area (Å²) < 4.78 is 0. The third kappa shape index (κ3) is 5.43. The van der Waals surface area contributed by atoms with Crippen LogP contribution in [0.2, 0.25) is 0 Å². The lowest BCUT2D eigenvalue weighted by atomic mass is 10.2. The second kappa shape index (κ2) is 3.61. The topological polar surface area (TPSA) is 74.6 Å². The van der Waals surface area contributed by atoms with Crippen molar-refractivity contribution in [2.45, 2.75) is 13.8 Å². The summed E-state index contributed by atoms with van der Waals surface area (Å²) in [5.74, 6) is -0.250. The van der Waals surface area contributed by atoms with E-state index in [2.05, 4.69) is 0 Å².